The Kier molecular flexibility index (Phi) is 6.74. The van der Waals surface area contributed by atoms with Crippen molar-refractivity contribution in [1.29, 1.82) is 5.26 Å². The predicted molar refractivity (Wildman–Crippen MR) is 110 cm³/mol. The minimum absolute atomic E-state index is 0.0902. The van der Waals surface area contributed by atoms with Gasteiger partial charge in [0, 0.05) is 11.9 Å². The van der Waals surface area contributed by atoms with Gasteiger partial charge < -0.3 is 4.74 Å². The molecule has 3 aromatic rings. The van der Waals surface area contributed by atoms with Crippen LogP contribution >= 0.6 is 11.8 Å². The van der Waals surface area contributed by atoms with E-state index < -0.39 is 6.61 Å². The summed E-state index contributed by atoms with van der Waals surface area (Å²) in [4.78, 5) is 6.64. The summed E-state index contributed by atoms with van der Waals surface area (Å²) in [7, 11) is 0. The van der Waals surface area contributed by atoms with Gasteiger partial charge in [0.2, 0.25) is 5.16 Å². The maximum Gasteiger partial charge on any atom is 0.387 e. The lowest BCUT2D eigenvalue weighted by Crippen LogP contribution is -2.30. The van der Waals surface area contributed by atoms with Crippen LogP contribution in [0.15, 0.2) is 52.8 Å². The van der Waals surface area contributed by atoms with Gasteiger partial charge in [-0.05, 0) is 74.1 Å². The van der Waals surface area contributed by atoms with E-state index in [2.05, 4.69) is 24.8 Å². The third-order valence-electron chi connectivity index (χ3n) is 4.90. The Morgan fingerprint density at radius 2 is 1.84 bits per heavy atom. The van der Waals surface area contributed by atoms with E-state index in [4.69, 9.17) is 5.26 Å². The molecule has 31 heavy (non-hydrogen) atoms. The Balaban J connectivity index is 1.64. The highest BCUT2D eigenvalue weighted by molar-refractivity contribution is 7.99. The molecule has 0 radical (unpaired) electrons. The first kappa shape index (κ1) is 21.2. The van der Waals surface area contributed by atoms with Gasteiger partial charge in [0.05, 0.1) is 12.1 Å². The average Bonchev–Trinajstić information content (AvgIpc) is 3.17. The quantitative estimate of drug-likeness (QED) is 0.540. The van der Waals surface area contributed by atoms with E-state index in [0.29, 0.717) is 22.3 Å². The predicted octanol–water partition coefficient (Wildman–Crippen LogP) is 4.27. The SMILES string of the molecule is N#Cc1ccc(Sc2nnc(CN3CCCCC3)n2-c2ccc(OC(F)F)cc2)nc1. The summed E-state index contributed by atoms with van der Waals surface area (Å²) in [5, 5.41) is 19.0. The van der Waals surface area contributed by atoms with E-state index in [1.54, 1.807) is 24.3 Å². The number of nitrogens with zero attached hydrogens (tertiary/aromatic N) is 6. The molecule has 1 aromatic carbocycles. The van der Waals surface area contributed by atoms with Crippen molar-refractivity contribution in [1.82, 2.24) is 24.6 Å². The highest BCUT2D eigenvalue weighted by Crippen LogP contribution is 2.29. The molecule has 0 unspecified atom stereocenters. The second-order valence-electron chi connectivity index (χ2n) is 7.04. The lowest BCUT2D eigenvalue weighted by atomic mass is 10.1. The first-order chi connectivity index (χ1) is 15.1. The van der Waals surface area contributed by atoms with Crippen molar-refractivity contribution in [3.63, 3.8) is 0 Å². The zero-order valence-electron chi connectivity index (χ0n) is 16.6. The summed E-state index contributed by atoms with van der Waals surface area (Å²) in [6.07, 6.45) is 5.06. The van der Waals surface area contributed by atoms with Gasteiger partial charge >= 0.3 is 6.61 Å². The van der Waals surface area contributed by atoms with Crippen LogP contribution in [-0.4, -0.2) is 44.3 Å². The van der Waals surface area contributed by atoms with Gasteiger partial charge in [-0.1, -0.05) is 6.42 Å². The second kappa shape index (κ2) is 9.85. The topological polar surface area (TPSA) is 79.9 Å². The summed E-state index contributed by atoms with van der Waals surface area (Å²) >= 11 is 1.33. The molecular formula is C21H20F2N6OS. The lowest BCUT2D eigenvalue weighted by Gasteiger charge is -2.26. The summed E-state index contributed by atoms with van der Waals surface area (Å²) in [6.45, 7) is -0.214. The molecule has 2 aromatic heterocycles. The molecule has 7 nitrogen and oxygen atoms in total. The number of hydrogen-bond donors (Lipinski definition) is 0. The van der Waals surface area contributed by atoms with E-state index in [0.717, 1.165) is 37.4 Å². The van der Waals surface area contributed by atoms with Gasteiger partial charge in [-0.2, -0.15) is 14.0 Å². The highest BCUT2D eigenvalue weighted by Gasteiger charge is 2.20. The van der Waals surface area contributed by atoms with Crippen molar-refractivity contribution < 1.29 is 13.5 Å². The molecular weight excluding hydrogens is 422 g/mol. The highest BCUT2D eigenvalue weighted by atomic mass is 32.2. The molecule has 0 aliphatic carbocycles. The molecule has 10 heteroatoms. The van der Waals surface area contributed by atoms with E-state index in [1.807, 2.05) is 10.6 Å². The Morgan fingerprint density at radius 1 is 1.06 bits per heavy atom. The molecule has 1 fully saturated rings. The minimum atomic E-state index is -2.87. The van der Waals surface area contributed by atoms with E-state index in [1.165, 1.54) is 36.5 Å². The van der Waals surface area contributed by atoms with Crippen LogP contribution in [0, 0.1) is 11.3 Å². The van der Waals surface area contributed by atoms with Crippen LogP contribution in [0.2, 0.25) is 0 Å². The fourth-order valence-electron chi connectivity index (χ4n) is 3.42. The number of aromatic nitrogens is 4. The Morgan fingerprint density at radius 3 is 2.48 bits per heavy atom. The molecule has 1 aliphatic rings. The molecule has 0 amide bonds. The van der Waals surface area contributed by atoms with Crippen LogP contribution in [0.3, 0.4) is 0 Å². The van der Waals surface area contributed by atoms with Crippen molar-refractivity contribution in [3.05, 3.63) is 54.0 Å². The molecule has 0 spiro atoms. The third kappa shape index (κ3) is 5.37. The number of piperidine rings is 1. The largest absolute Gasteiger partial charge is 0.435 e. The lowest BCUT2D eigenvalue weighted by molar-refractivity contribution is -0.0498. The van der Waals surface area contributed by atoms with Gasteiger partial charge in [-0.25, -0.2) is 4.98 Å². The van der Waals surface area contributed by atoms with Gasteiger partial charge in [-0.3, -0.25) is 9.47 Å². The van der Waals surface area contributed by atoms with E-state index in [9.17, 15) is 8.78 Å². The number of nitriles is 1. The van der Waals surface area contributed by atoms with Gasteiger partial charge in [0.15, 0.2) is 5.82 Å². The number of rotatable bonds is 7. The molecule has 3 heterocycles. The van der Waals surface area contributed by atoms with Crippen LogP contribution in [0.4, 0.5) is 8.78 Å². The molecule has 160 valence electrons. The summed E-state index contributed by atoms with van der Waals surface area (Å²) < 4.78 is 31.4. The van der Waals surface area contributed by atoms with Gasteiger partial charge in [0.1, 0.15) is 16.8 Å². The third-order valence-corrected chi connectivity index (χ3v) is 5.79. The summed E-state index contributed by atoms with van der Waals surface area (Å²) in [6, 6.07) is 11.9. The Hall–Kier alpha value is -3.03. The van der Waals surface area contributed by atoms with Crippen LogP contribution in [0.25, 0.3) is 5.69 Å². The summed E-state index contributed by atoms with van der Waals surface area (Å²) in [5.41, 5.74) is 1.22. The normalized spacial score (nSPS) is 14.5. The first-order valence-electron chi connectivity index (χ1n) is 9.88. The molecule has 0 saturated carbocycles. The average molecular weight is 442 g/mol. The Bertz CT molecular complexity index is 1040. The molecule has 0 atom stereocenters. The number of benzene rings is 1. The standard InChI is InChI=1S/C21H20F2N6OS/c22-20(23)30-17-7-5-16(6-8-17)29-18(14-28-10-2-1-3-11-28)26-27-21(29)31-19-9-4-15(12-24)13-25-19/h4-9,13,20H,1-3,10-11,14H2. The van der Waals surface area contributed by atoms with E-state index in [-0.39, 0.29) is 5.75 Å². The first-order valence-corrected chi connectivity index (χ1v) is 10.7. The molecule has 4 rings (SSSR count). The Labute approximate surface area is 182 Å². The van der Waals surface area contributed by atoms with Crippen molar-refractivity contribution >= 4 is 11.8 Å². The number of pyridine rings is 1. The number of halogens is 2. The smallest absolute Gasteiger partial charge is 0.387 e. The summed E-state index contributed by atoms with van der Waals surface area (Å²) in [5.74, 6) is 0.855. The monoisotopic (exact) mass is 442 g/mol. The van der Waals surface area contributed by atoms with Crippen LogP contribution in [0.1, 0.15) is 30.7 Å². The maximum atomic E-state index is 12.5. The van der Waals surface area contributed by atoms with Crippen molar-refractivity contribution in [2.45, 2.75) is 42.6 Å². The van der Waals surface area contributed by atoms with Crippen LogP contribution < -0.4 is 4.74 Å². The fourth-order valence-corrected chi connectivity index (χ4v) is 4.23. The molecule has 1 saturated heterocycles. The molecule has 0 bridgehead atoms. The zero-order valence-corrected chi connectivity index (χ0v) is 17.4. The van der Waals surface area contributed by atoms with Crippen LogP contribution in [0.5, 0.6) is 5.75 Å². The maximum absolute atomic E-state index is 12.5. The number of ether oxygens (including phenoxy) is 1. The van der Waals surface area contributed by atoms with Crippen LogP contribution in [-0.2, 0) is 6.54 Å². The number of likely N-dealkylation sites (tertiary alicyclic amines) is 1. The molecule has 0 N–H and O–H groups in total. The van der Waals surface area contributed by atoms with E-state index >= 15 is 0 Å². The number of hydrogen-bond acceptors (Lipinski definition) is 7. The molecule has 1 aliphatic heterocycles. The fraction of sp³-hybridized carbons (Fsp3) is 0.333. The van der Waals surface area contributed by atoms with Crippen molar-refractivity contribution in [2.75, 3.05) is 13.1 Å². The number of alkyl halides is 2. The minimum Gasteiger partial charge on any atom is -0.435 e. The van der Waals surface area contributed by atoms with Crippen molar-refractivity contribution in [2.24, 2.45) is 0 Å². The second-order valence-corrected chi connectivity index (χ2v) is 8.03. The van der Waals surface area contributed by atoms with Crippen molar-refractivity contribution in [3.8, 4) is 17.5 Å². The van der Waals surface area contributed by atoms with Gasteiger partial charge in [-0.15, -0.1) is 10.2 Å². The van der Waals surface area contributed by atoms with Gasteiger partial charge in [0.25, 0.3) is 0 Å². The zero-order chi connectivity index (χ0) is 21.6.